The minimum absolute atomic E-state index is 0.626. The first kappa shape index (κ1) is 10.6. The Balaban J connectivity index is 2.57. The highest BCUT2D eigenvalue weighted by molar-refractivity contribution is 9.10. The first-order valence-electron chi connectivity index (χ1n) is 5.26. The van der Waals surface area contributed by atoms with Gasteiger partial charge in [0, 0.05) is 11.6 Å². The van der Waals surface area contributed by atoms with Crippen molar-refractivity contribution in [1.29, 1.82) is 0 Å². The third kappa shape index (κ3) is 2.05. The highest BCUT2D eigenvalue weighted by Gasteiger charge is 2.05. The van der Waals surface area contributed by atoms with E-state index in [0.29, 0.717) is 5.92 Å². The van der Waals surface area contributed by atoms with Crippen LogP contribution in [0, 0.1) is 0 Å². The van der Waals surface area contributed by atoms with Crippen molar-refractivity contribution in [1.82, 2.24) is 4.98 Å². The maximum Gasteiger partial charge on any atom is 0.113 e. The van der Waals surface area contributed by atoms with Crippen molar-refractivity contribution < 1.29 is 0 Å². The fourth-order valence-electron chi connectivity index (χ4n) is 1.70. The molecule has 1 aromatic heterocycles. The first-order valence-corrected chi connectivity index (χ1v) is 6.06. The number of benzene rings is 1. The average Bonchev–Trinajstić information content (AvgIpc) is 2.28. The van der Waals surface area contributed by atoms with Crippen LogP contribution in [0.3, 0.4) is 0 Å². The zero-order chi connectivity index (χ0) is 10.8. The molecule has 0 aliphatic rings. The Bertz CT molecular complexity index is 479. The van der Waals surface area contributed by atoms with Gasteiger partial charge in [-0.2, -0.15) is 0 Å². The van der Waals surface area contributed by atoms with Crippen LogP contribution in [-0.4, -0.2) is 4.98 Å². The minimum Gasteiger partial charge on any atom is -0.249 e. The Hall–Kier alpha value is -0.890. The standard InChI is InChI=1S/C13H14BrN/c1-3-9(2)10-4-5-12-11(8-10)6-7-15-13(12)14/h4-9H,3H2,1-2H3. The van der Waals surface area contributed by atoms with E-state index in [4.69, 9.17) is 0 Å². The molecule has 0 aliphatic carbocycles. The zero-order valence-electron chi connectivity index (χ0n) is 9.00. The molecule has 0 fully saturated rings. The number of pyridine rings is 1. The predicted octanol–water partition coefficient (Wildman–Crippen LogP) is 4.51. The molecule has 0 spiro atoms. The van der Waals surface area contributed by atoms with Crippen LogP contribution in [0.2, 0.25) is 0 Å². The highest BCUT2D eigenvalue weighted by Crippen LogP contribution is 2.26. The quantitative estimate of drug-likeness (QED) is 0.727. The lowest BCUT2D eigenvalue weighted by molar-refractivity contribution is 0.735. The van der Waals surface area contributed by atoms with Crippen LogP contribution >= 0.6 is 15.9 Å². The summed E-state index contributed by atoms with van der Waals surface area (Å²) in [6.07, 6.45) is 3.02. The van der Waals surface area contributed by atoms with Crippen LogP contribution in [-0.2, 0) is 0 Å². The zero-order valence-corrected chi connectivity index (χ0v) is 10.6. The number of aromatic nitrogens is 1. The van der Waals surface area contributed by atoms with Gasteiger partial charge in [0.15, 0.2) is 0 Å². The molecule has 0 saturated heterocycles. The summed E-state index contributed by atoms with van der Waals surface area (Å²) in [6, 6.07) is 8.67. The van der Waals surface area contributed by atoms with Gasteiger partial charge in [0.2, 0.25) is 0 Å². The lowest BCUT2D eigenvalue weighted by Crippen LogP contribution is -1.91. The molecule has 0 aliphatic heterocycles. The highest BCUT2D eigenvalue weighted by atomic mass is 79.9. The van der Waals surface area contributed by atoms with Gasteiger partial charge in [0.05, 0.1) is 0 Å². The molecule has 0 N–H and O–H groups in total. The Morgan fingerprint density at radius 2 is 2.13 bits per heavy atom. The largest absolute Gasteiger partial charge is 0.249 e. The maximum atomic E-state index is 4.22. The fourth-order valence-corrected chi connectivity index (χ4v) is 2.18. The van der Waals surface area contributed by atoms with Crippen LogP contribution in [0.25, 0.3) is 10.8 Å². The smallest absolute Gasteiger partial charge is 0.113 e. The van der Waals surface area contributed by atoms with E-state index in [-0.39, 0.29) is 0 Å². The number of hydrogen-bond acceptors (Lipinski definition) is 1. The second-order valence-corrected chi connectivity index (χ2v) is 4.64. The molecule has 2 aromatic rings. The van der Waals surface area contributed by atoms with Crippen molar-refractivity contribution >= 4 is 26.7 Å². The molecule has 1 heterocycles. The first-order chi connectivity index (χ1) is 7.22. The molecule has 78 valence electrons. The van der Waals surface area contributed by atoms with Crippen molar-refractivity contribution in [2.75, 3.05) is 0 Å². The molecule has 1 nitrogen and oxygen atoms in total. The monoisotopic (exact) mass is 263 g/mol. The van der Waals surface area contributed by atoms with E-state index in [9.17, 15) is 0 Å². The van der Waals surface area contributed by atoms with Gasteiger partial charge in [-0.1, -0.05) is 32.0 Å². The molecule has 15 heavy (non-hydrogen) atoms. The summed E-state index contributed by atoms with van der Waals surface area (Å²) in [5, 5.41) is 2.44. The SMILES string of the molecule is CCC(C)c1ccc2c(Br)nccc2c1. The van der Waals surface area contributed by atoms with Crippen LogP contribution < -0.4 is 0 Å². The summed E-state index contributed by atoms with van der Waals surface area (Å²) in [7, 11) is 0. The lowest BCUT2D eigenvalue weighted by atomic mass is 9.96. The van der Waals surface area contributed by atoms with Crippen LogP contribution in [0.15, 0.2) is 35.1 Å². The van der Waals surface area contributed by atoms with Gasteiger partial charge in [-0.05, 0) is 45.3 Å². The Morgan fingerprint density at radius 1 is 1.33 bits per heavy atom. The molecule has 2 heteroatoms. The summed E-state index contributed by atoms with van der Waals surface area (Å²) >= 11 is 3.46. The van der Waals surface area contributed by atoms with Crippen LogP contribution in [0.1, 0.15) is 31.7 Å². The van der Waals surface area contributed by atoms with Gasteiger partial charge >= 0.3 is 0 Å². The molecule has 0 bridgehead atoms. The summed E-state index contributed by atoms with van der Waals surface area (Å²) in [5.41, 5.74) is 1.41. The third-order valence-electron chi connectivity index (χ3n) is 2.92. The van der Waals surface area contributed by atoms with Crippen molar-refractivity contribution in [2.45, 2.75) is 26.2 Å². The van der Waals surface area contributed by atoms with Gasteiger partial charge < -0.3 is 0 Å². The third-order valence-corrected chi connectivity index (χ3v) is 3.55. The Morgan fingerprint density at radius 3 is 2.87 bits per heavy atom. The number of rotatable bonds is 2. The molecule has 0 amide bonds. The van der Waals surface area contributed by atoms with E-state index in [2.05, 4.69) is 59.0 Å². The summed E-state index contributed by atoms with van der Waals surface area (Å²) < 4.78 is 0.927. The second-order valence-electron chi connectivity index (χ2n) is 3.89. The minimum atomic E-state index is 0.626. The summed E-state index contributed by atoms with van der Waals surface area (Å²) in [5.74, 6) is 0.626. The molecular weight excluding hydrogens is 250 g/mol. The number of hydrogen-bond donors (Lipinski definition) is 0. The summed E-state index contributed by atoms with van der Waals surface area (Å²) in [4.78, 5) is 4.22. The van der Waals surface area contributed by atoms with E-state index < -0.39 is 0 Å². The van der Waals surface area contributed by atoms with Gasteiger partial charge in [0.1, 0.15) is 4.60 Å². The van der Waals surface area contributed by atoms with Crippen molar-refractivity contribution in [3.05, 3.63) is 40.6 Å². The number of fused-ring (bicyclic) bond motifs is 1. The van der Waals surface area contributed by atoms with Gasteiger partial charge in [-0.3, -0.25) is 0 Å². The van der Waals surface area contributed by atoms with E-state index in [1.807, 2.05) is 6.20 Å². The molecule has 0 saturated carbocycles. The van der Waals surface area contributed by atoms with E-state index in [1.165, 1.54) is 22.8 Å². The van der Waals surface area contributed by atoms with Crippen LogP contribution in [0.5, 0.6) is 0 Å². The molecule has 1 unspecified atom stereocenters. The van der Waals surface area contributed by atoms with Gasteiger partial charge in [-0.15, -0.1) is 0 Å². The molecular formula is C13H14BrN. The normalized spacial score (nSPS) is 13.0. The van der Waals surface area contributed by atoms with Gasteiger partial charge in [0.25, 0.3) is 0 Å². The van der Waals surface area contributed by atoms with Crippen LogP contribution in [0.4, 0.5) is 0 Å². The predicted molar refractivity (Wildman–Crippen MR) is 68.1 cm³/mol. The average molecular weight is 264 g/mol. The van der Waals surface area contributed by atoms with E-state index in [1.54, 1.807) is 0 Å². The number of nitrogens with zero attached hydrogens (tertiary/aromatic N) is 1. The molecule has 1 atom stereocenters. The Kier molecular flexibility index (Phi) is 3.06. The topological polar surface area (TPSA) is 12.9 Å². The van der Waals surface area contributed by atoms with E-state index >= 15 is 0 Å². The molecule has 2 rings (SSSR count). The van der Waals surface area contributed by atoms with Crippen molar-refractivity contribution in [3.8, 4) is 0 Å². The molecule has 1 aromatic carbocycles. The summed E-state index contributed by atoms with van der Waals surface area (Å²) in [6.45, 7) is 4.48. The van der Waals surface area contributed by atoms with Gasteiger partial charge in [-0.25, -0.2) is 4.98 Å². The van der Waals surface area contributed by atoms with Crippen molar-refractivity contribution in [3.63, 3.8) is 0 Å². The maximum absolute atomic E-state index is 4.22. The Labute approximate surface area is 98.7 Å². The van der Waals surface area contributed by atoms with E-state index in [0.717, 1.165) is 4.60 Å². The fraction of sp³-hybridized carbons (Fsp3) is 0.308. The number of halogens is 1. The second kappa shape index (κ2) is 4.31. The lowest BCUT2D eigenvalue weighted by Gasteiger charge is -2.10. The van der Waals surface area contributed by atoms with Crippen molar-refractivity contribution in [2.24, 2.45) is 0 Å². The molecule has 0 radical (unpaired) electrons.